The average molecular weight is 272 g/mol. The Labute approximate surface area is 123 Å². The van der Waals surface area contributed by atoms with Gasteiger partial charge >= 0.3 is 0 Å². The van der Waals surface area contributed by atoms with Crippen LogP contribution in [0.15, 0.2) is 35.9 Å². The van der Waals surface area contributed by atoms with Crippen molar-refractivity contribution < 1.29 is 0 Å². The summed E-state index contributed by atoms with van der Waals surface area (Å²) >= 11 is 0. The van der Waals surface area contributed by atoms with Crippen molar-refractivity contribution in [2.45, 2.75) is 26.7 Å². The number of rotatable bonds is 7. The monoisotopic (exact) mass is 272 g/mol. The van der Waals surface area contributed by atoms with Crippen LogP contribution in [-0.4, -0.2) is 37.6 Å². The predicted molar refractivity (Wildman–Crippen MR) is 87.8 cm³/mol. The lowest BCUT2D eigenvalue weighted by Gasteiger charge is -2.20. The first-order valence-electron chi connectivity index (χ1n) is 7.89. The minimum absolute atomic E-state index is 0.734. The highest BCUT2D eigenvalue weighted by Crippen LogP contribution is 2.10. The lowest BCUT2D eigenvalue weighted by atomic mass is 10.1. The summed E-state index contributed by atoms with van der Waals surface area (Å²) in [6.45, 7) is 10.5. The van der Waals surface area contributed by atoms with Gasteiger partial charge in [0.15, 0.2) is 0 Å². The molecule has 20 heavy (non-hydrogen) atoms. The van der Waals surface area contributed by atoms with Gasteiger partial charge in [0.1, 0.15) is 0 Å². The SMILES string of the molecule is C/C(=C\c1ccccc1)CNCC(C)CN1CCCC1. The summed E-state index contributed by atoms with van der Waals surface area (Å²) in [7, 11) is 0. The van der Waals surface area contributed by atoms with Crippen LogP contribution in [0.2, 0.25) is 0 Å². The van der Waals surface area contributed by atoms with Gasteiger partial charge in [0.2, 0.25) is 0 Å². The molecule has 2 rings (SSSR count). The van der Waals surface area contributed by atoms with E-state index in [9.17, 15) is 0 Å². The molecule has 0 aromatic heterocycles. The Morgan fingerprint density at radius 2 is 1.95 bits per heavy atom. The van der Waals surface area contributed by atoms with Crippen molar-refractivity contribution in [2.24, 2.45) is 5.92 Å². The predicted octanol–water partition coefficient (Wildman–Crippen LogP) is 3.41. The molecule has 1 fully saturated rings. The Balaban J connectivity index is 1.65. The van der Waals surface area contributed by atoms with E-state index in [1.54, 1.807) is 0 Å². The Morgan fingerprint density at radius 3 is 2.65 bits per heavy atom. The fourth-order valence-corrected chi connectivity index (χ4v) is 2.87. The van der Waals surface area contributed by atoms with Crippen LogP contribution in [0.5, 0.6) is 0 Å². The van der Waals surface area contributed by atoms with Gasteiger partial charge in [-0.05, 0) is 50.9 Å². The summed E-state index contributed by atoms with van der Waals surface area (Å²) in [6.07, 6.45) is 5.04. The number of hydrogen-bond donors (Lipinski definition) is 1. The first-order valence-corrected chi connectivity index (χ1v) is 7.89. The Morgan fingerprint density at radius 1 is 1.25 bits per heavy atom. The van der Waals surface area contributed by atoms with E-state index >= 15 is 0 Å². The average Bonchev–Trinajstić information content (AvgIpc) is 2.92. The van der Waals surface area contributed by atoms with Gasteiger partial charge in [-0.1, -0.05) is 48.9 Å². The zero-order valence-corrected chi connectivity index (χ0v) is 12.9. The maximum Gasteiger partial charge on any atom is 0.0165 e. The smallest absolute Gasteiger partial charge is 0.0165 e. The zero-order valence-electron chi connectivity index (χ0n) is 12.9. The molecule has 1 N–H and O–H groups in total. The van der Waals surface area contributed by atoms with Gasteiger partial charge in [0, 0.05) is 13.1 Å². The molecule has 1 aliphatic heterocycles. The van der Waals surface area contributed by atoms with Crippen molar-refractivity contribution in [1.29, 1.82) is 0 Å². The molecule has 0 spiro atoms. The number of likely N-dealkylation sites (tertiary alicyclic amines) is 1. The van der Waals surface area contributed by atoms with Gasteiger partial charge < -0.3 is 10.2 Å². The van der Waals surface area contributed by atoms with E-state index in [-0.39, 0.29) is 0 Å². The maximum atomic E-state index is 3.58. The summed E-state index contributed by atoms with van der Waals surface area (Å²) in [5, 5.41) is 3.58. The minimum Gasteiger partial charge on any atom is -0.313 e. The van der Waals surface area contributed by atoms with Crippen molar-refractivity contribution in [1.82, 2.24) is 10.2 Å². The van der Waals surface area contributed by atoms with Gasteiger partial charge in [-0.25, -0.2) is 0 Å². The molecule has 1 heterocycles. The molecule has 0 amide bonds. The molecule has 2 nitrogen and oxygen atoms in total. The summed E-state index contributed by atoms with van der Waals surface area (Å²) in [5.74, 6) is 0.734. The highest BCUT2D eigenvalue weighted by atomic mass is 15.1. The Bertz CT molecular complexity index is 405. The molecule has 2 heteroatoms. The lowest BCUT2D eigenvalue weighted by Crippen LogP contribution is -2.32. The van der Waals surface area contributed by atoms with Gasteiger partial charge in [-0.15, -0.1) is 0 Å². The van der Waals surface area contributed by atoms with Crippen LogP contribution in [0.4, 0.5) is 0 Å². The number of nitrogens with one attached hydrogen (secondary N) is 1. The second-order valence-corrected chi connectivity index (χ2v) is 6.15. The Hall–Kier alpha value is -1.12. The quantitative estimate of drug-likeness (QED) is 0.818. The highest BCUT2D eigenvalue weighted by molar-refractivity contribution is 5.52. The molecule has 0 bridgehead atoms. The summed E-state index contributed by atoms with van der Waals surface area (Å²) in [5.41, 5.74) is 2.68. The van der Waals surface area contributed by atoms with Crippen LogP contribution in [0.1, 0.15) is 32.3 Å². The van der Waals surface area contributed by atoms with E-state index in [1.807, 2.05) is 0 Å². The van der Waals surface area contributed by atoms with Crippen LogP contribution >= 0.6 is 0 Å². The van der Waals surface area contributed by atoms with E-state index < -0.39 is 0 Å². The van der Waals surface area contributed by atoms with Crippen molar-refractivity contribution in [3.8, 4) is 0 Å². The minimum atomic E-state index is 0.734. The number of benzene rings is 1. The van der Waals surface area contributed by atoms with E-state index in [1.165, 1.54) is 43.6 Å². The molecule has 110 valence electrons. The molecule has 1 aliphatic rings. The first-order chi connectivity index (χ1) is 9.74. The van der Waals surface area contributed by atoms with Crippen molar-refractivity contribution >= 4 is 6.08 Å². The molecule has 1 aromatic rings. The molecule has 1 atom stereocenters. The zero-order chi connectivity index (χ0) is 14.2. The van der Waals surface area contributed by atoms with Crippen LogP contribution in [0.25, 0.3) is 6.08 Å². The highest BCUT2D eigenvalue weighted by Gasteiger charge is 2.14. The standard InChI is InChI=1S/C18H28N2/c1-16(12-18-8-4-3-5-9-18)13-19-14-17(2)15-20-10-6-7-11-20/h3-5,8-9,12,17,19H,6-7,10-11,13-15H2,1-2H3/b16-12+. The van der Waals surface area contributed by atoms with Gasteiger partial charge in [0.25, 0.3) is 0 Å². The molecule has 1 saturated heterocycles. The largest absolute Gasteiger partial charge is 0.313 e. The molecular formula is C18H28N2. The molecule has 1 aromatic carbocycles. The van der Waals surface area contributed by atoms with E-state index in [4.69, 9.17) is 0 Å². The fourth-order valence-electron chi connectivity index (χ4n) is 2.87. The van der Waals surface area contributed by atoms with Crippen molar-refractivity contribution in [2.75, 3.05) is 32.7 Å². The second kappa shape index (κ2) is 8.23. The molecular weight excluding hydrogens is 244 g/mol. The van der Waals surface area contributed by atoms with Gasteiger partial charge in [-0.3, -0.25) is 0 Å². The van der Waals surface area contributed by atoms with Crippen LogP contribution in [0, 0.1) is 5.92 Å². The summed E-state index contributed by atoms with van der Waals surface area (Å²) in [6, 6.07) is 10.5. The maximum absolute atomic E-state index is 3.58. The topological polar surface area (TPSA) is 15.3 Å². The second-order valence-electron chi connectivity index (χ2n) is 6.15. The van der Waals surface area contributed by atoms with Crippen LogP contribution in [-0.2, 0) is 0 Å². The third-order valence-corrected chi connectivity index (χ3v) is 3.88. The van der Waals surface area contributed by atoms with Crippen LogP contribution in [0.3, 0.4) is 0 Å². The van der Waals surface area contributed by atoms with Gasteiger partial charge in [-0.2, -0.15) is 0 Å². The molecule has 0 saturated carbocycles. The molecule has 0 aliphatic carbocycles. The third kappa shape index (κ3) is 5.48. The first kappa shape index (κ1) is 15.3. The Kier molecular flexibility index (Phi) is 6.28. The van der Waals surface area contributed by atoms with Crippen molar-refractivity contribution in [3.63, 3.8) is 0 Å². The third-order valence-electron chi connectivity index (χ3n) is 3.88. The van der Waals surface area contributed by atoms with Gasteiger partial charge in [0.05, 0.1) is 0 Å². The number of nitrogens with zero attached hydrogens (tertiary/aromatic N) is 1. The summed E-state index contributed by atoms with van der Waals surface area (Å²) in [4.78, 5) is 2.60. The fraction of sp³-hybridized carbons (Fsp3) is 0.556. The molecule has 1 unspecified atom stereocenters. The van der Waals surface area contributed by atoms with Crippen molar-refractivity contribution in [3.05, 3.63) is 41.5 Å². The normalized spacial score (nSPS) is 18.4. The lowest BCUT2D eigenvalue weighted by molar-refractivity contribution is 0.284. The van der Waals surface area contributed by atoms with E-state index in [2.05, 4.69) is 60.5 Å². The summed E-state index contributed by atoms with van der Waals surface area (Å²) < 4.78 is 0. The van der Waals surface area contributed by atoms with E-state index in [0.29, 0.717) is 0 Å². The van der Waals surface area contributed by atoms with Crippen LogP contribution < -0.4 is 5.32 Å². The number of hydrogen-bond acceptors (Lipinski definition) is 2. The van der Waals surface area contributed by atoms with E-state index in [0.717, 1.165) is 19.0 Å². The molecule has 0 radical (unpaired) electrons.